The van der Waals surface area contributed by atoms with E-state index in [0.717, 1.165) is 18.3 Å². The number of anilines is 2. The number of rotatable bonds is 3. The number of nitrogens with one attached hydrogen (secondary N) is 1. The molecule has 0 aliphatic heterocycles. The Hall–Kier alpha value is -2.50. The molecule has 1 heterocycles. The maximum atomic E-state index is 13.7. The van der Waals surface area contributed by atoms with E-state index in [2.05, 4.69) is 10.3 Å². The molecule has 2 aromatic rings. The lowest BCUT2D eigenvalue weighted by molar-refractivity contribution is 0.0697. The van der Waals surface area contributed by atoms with Crippen molar-refractivity contribution >= 4 is 17.3 Å². The zero-order valence-corrected chi connectivity index (χ0v) is 9.95. The molecule has 0 saturated carbocycles. The highest BCUT2D eigenvalue weighted by Gasteiger charge is 2.13. The van der Waals surface area contributed by atoms with Crippen molar-refractivity contribution < 1.29 is 18.7 Å². The summed E-state index contributed by atoms with van der Waals surface area (Å²) < 4.78 is 27.0. The summed E-state index contributed by atoms with van der Waals surface area (Å²) in [6.45, 7) is 1.44. The first-order valence-corrected chi connectivity index (χ1v) is 5.39. The van der Waals surface area contributed by atoms with Crippen LogP contribution in [-0.2, 0) is 0 Å². The molecular weight excluding hydrogens is 254 g/mol. The molecule has 0 spiro atoms. The van der Waals surface area contributed by atoms with Crippen molar-refractivity contribution in [2.24, 2.45) is 0 Å². The average Bonchev–Trinajstić information content (AvgIpc) is 2.36. The molecule has 0 aliphatic rings. The van der Waals surface area contributed by atoms with E-state index in [1.54, 1.807) is 0 Å². The average molecular weight is 264 g/mol. The van der Waals surface area contributed by atoms with E-state index in [1.807, 2.05) is 0 Å². The molecule has 0 unspecified atom stereocenters. The third kappa shape index (κ3) is 2.67. The number of nitrogens with zero attached hydrogens (tertiary/aromatic N) is 1. The summed E-state index contributed by atoms with van der Waals surface area (Å²) in [4.78, 5) is 14.6. The molecule has 0 aliphatic carbocycles. The van der Waals surface area contributed by atoms with Crippen molar-refractivity contribution in [1.82, 2.24) is 4.98 Å². The fourth-order valence-corrected chi connectivity index (χ4v) is 1.56. The number of benzene rings is 1. The second-order valence-corrected chi connectivity index (χ2v) is 3.93. The summed E-state index contributed by atoms with van der Waals surface area (Å²) in [5, 5.41) is 11.5. The Morgan fingerprint density at radius 3 is 2.68 bits per heavy atom. The highest BCUT2D eigenvalue weighted by atomic mass is 19.1. The number of aromatic nitrogens is 1. The predicted octanol–water partition coefficient (Wildman–Crippen LogP) is 3.11. The summed E-state index contributed by atoms with van der Waals surface area (Å²) in [6.07, 6.45) is 2.49. The second kappa shape index (κ2) is 5.01. The van der Waals surface area contributed by atoms with E-state index in [9.17, 15) is 13.6 Å². The van der Waals surface area contributed by atoms with E-state index < -0.39 is 17.6 Å². The van der Waals surface area contributed by atoms with Crippen LogP contribution in [0.15, 0.2) is 30.6 Å². The molecule has 1 aromatic carbocycles. The zero-order valence-electron chi connectivity index (χ0n) is 9.95. The number of aromatic carboxylic acids is 1. The number of pyridine rings is 1. The van der Waals surface area contributed by atoms with Crippen LogP contribution in [0.5, 0.6) is 0 Å². The van der Waals surface area contributed by atoms with Gasteiger partial charge < -0.3 is 10.4 Å². The van der Waals surface area contributed by atoms with E-state index in [4.69, 9.17) is 5.11 Å². The van der Waals surface area contributed by atoms with Crippen LogP contribution in [0.2, 0.25) is 0 Å². The molecule has 4 nitrogen and oxygen atoms in total. The Kier molecular flexibility index (Phi) is 3.41. The smallest absolute Gasteiger partial charge is 0.339 e. The summed E-state index contributed by atoms with van der Waals surface area (Å²) in [5.74, 6) is -2.44. The molecule has 0 radical (unpaired) electrons. The van der Waals surface area contributed by atoms with Gasteiger partial charge in [-0.05, 0) is 24.6 Å². The second-order valence-electron chi connectivity index (χ2n) is 3.93. The van der Waals surface area contributed by atoms with Crippen molar-refractivity contribution in [3.8, 4) is 0 Å². The fourth-order valence-electron chi connectivity index (χ4n) is 1.56. The van der Waals surface area contributed by atoms with Gasteiger partial charge in [-0.25, -0.2) is 13.6 Å². The van der Waals surface area contributed by atoms with Crippen LogP contribution >= 0.6 is 0 Å². The molecule has 0 amide bonds. The van der Waals surface area contributed by atoms with Crippen LogP contribution in [-0.4, -0.2) is 16.1 Å². The van der Waals surface area contributed by atoms with Crippen LogP contribution in [0.4, 0.5) is 20.2 Å². The Balaban J connectivity index is 2.42. The zero-order chi connectivity index (χ0) is 14.0. The van der Waals surface area contributed by atoms with Gasteiger partial charge in [0.2, 0.25) is 0 Å². The van der Waals surface area contributed by atoms with Crippen LogP contribution in [0.25, 0.3) is 0 Å². The maximum absolute atomic E-state index is 13.7. The molecule has 19 heavy (non-hydrogen) atoms. The fraction of sp³-hybridized carbons (Fsp3) is 0.0769. The quantitative estimate of drug-likeness (QED) is 0.894. The van der Waals surface area contributed by atoms with Gasteiger partial charge in [-0.1, -0.05) is 0 Å². The molecule has 98 valence electrons. The lowest BCUT2D eigenvalue weighted by Crippen LogP contribution is -2.04. The SMILES string of the molecule is Cc1cc(F)c(Nc2ccncc2C(=O)O)cc1F. The summed E-state index contributed by atoms with van der Waals surface area (Å²) in [6, 6.07) is 3.40. The van der Waals surface area contributed by atoms with Gasteiger partial charge in [0.1, 0.15) is 17.2 Å². The van der Waals surface area contributed by atoms with Crippen LogP contribution in [0, 0.1) is 18.6 Å². The number of aryl methyl sites for hydroxylation is 1. The van der Waals surface area contributed by atoms with Gasteiger partial charge >= 0.3 is 5.97 Å². The first-order chi connectivity index (χ1) is 8.99. The first kappa shape index (κ1) is 12.9. The lowest BCUT2D eigenvalue weighted by Gasteiger charge is -2.10. The number of hydrogen-bond acceptors (Lipinski definition) is 3. The van der Waals surface area contributed by atoms with Crippen molar-refractivity contribution in [3.63, 3.8) is 0 Å². The standard InChI is InChI=1S/C13H10F2N2O2/c1-7-4-10(15)12(5-9(7)14)17-11-2-3-16-6-8(11)13(18)19/h2-6H,1H3,(H,16,17)(H,18,19). The Labute approximate surface area is 107 Å². The third-order valence-electron chi connectivity index (χ3n) is 2.57. The molecular formula is C13H10F2N2O2. The minimum Gasteiger partial charge on any atom is -0.478 e. The molecule has 6 heteroatoms. The minimum atomic E-state index is -1.21. The van der Waals surface area contributed by atoms with Gasteiger partial charge in [0.25, 0.3) is 0 Å². The van der Waals surface area contributed by atoms with E-state index in [1.165, 1.54) is 19.2 Å². The normalized spacial score (nSPS) is 10.3. The van der Waals surface area contributed by atoms with E-state index >= 15 is 0 Å². The number of halogens is 2. The van der Waals surface area contributed by atoms with Gasteiger partial charge in [0.15, 0.2) is 0 Å². The lowest BCUT2D eigenvalue weighted by atomic mass is 10.2. The Morgan fingerprint density at radius 2 is 2.00 bits per heavy atom. The number of carboxylic acids is 1. The van der Waals surface area contributed by atoms with Crippen molar-refractivity contribution in [3.05, 3.63) is 53.4 Å². The van der Waals surface area contributed by atoms with Crippen molar-refractivity contribution in [1.29, 1.82) is 0 Å². The van der Waals surface area contributed by atoms with Gasteiger partial charge in [0.05, 0.1) is 11.4 Å². The number of carboxylic acid groups (broad SMARTS) is 1. The first-order valence-electron chi connectivity index (χ1n) is 5.39. The van der Waals surface area contributed by atoms with Crippen LogP contribution in [0.1, 0.15) is 15.9 Å². The molecule has 2 rings (SSSR count). The van der Waals surface area contributed by atoms with Gasteiger partial charge in [-0.15, -0.1) is 0 Å². The Morgan fingerprint density at radius 1 is 1.26 bits per heavy atom. The van der Waals surface area contributed by atoms with Gasteiger partial charge in [-0.3, -0.25) is 4.98 Å². The van der Waals surface area contributed by atoms with Gasteiger partial charge in [-0.2, -0.15) is 0 Å². The Bertz CT molecular complexity index is 645. The van der Waals surface area contributed by atoms with Crippen LogP contribution < -0.4 is 5.32 Å². The van der Waals surface area contributed by atoms with Crippen molar-refractivity contribution in [2.75, 3.05) is 5.32 Å². The minimum absolute atomic E-state index is 0.122. The highest BCUT2D eigenvalue weighted by molar-refractivity contribution is 5.94. The predicted molar refractivity (Wildman–Crippen MR) is 65.6 cm³/mol. The monoisotopic (exact) mass is 264 g/mol. The van der Waals surface area contributed by atoms with Gasteiger partial charge in [0, 0.05) is 18.5 Å². The highest BCUT2D eigenvalue weighted by Crippen LogP contribution is 2.24. The maximum Gasteiger partial charge on any atom is 0.339 e. The molecule has 0 saturated heterocycles. The number of carbonyl (C=O) groups is 1. The van der Waals surface area contributed by atoms with E-state index in [0.29, 0.717) is 0 Å². The number of hydrogen-bond donors (Lipinski definition) is 2. The van der Waals surface area contributed by atoms with Crippen molar-refractivity contribution in [2.45, 2.75) is 6.92 Å². The molecule has 0 fully saturated rings. The molecule has 2 N–H and O–H groups in total. The van der Waals surface area contributed by atoms with Crippen LogP contribution in [0.3, 0.4) is 0 Å². The summed E-state index contributed by atoms with van der Waals surface area (Å²) in [7, 11) is 0. The molecule has 1 aromatic heterocycles. The summed E-state index contributed by atoms with van der Waals surface area (Å²) in [5.41, 5.74) is 0.0700. The topological polar surface area (TPSA) is 62.2 Å². The summed E-state index contributed by atoms with van der Waals surface area (Å²) >= 11 is 0. The molecule has 0 atom stereocenters. The largest absolute Gasteiger partial charge is 0.478 e. The third-order valence-corrected chi connectivity index (χ3v) is 2.57. The van der Waals surface area contributed by atoms with E-state index in [-0.39, 0.29) is 22.5 Å². The molecule has 0 bridgehead atoms.